The van der Waals surface area contributed by atoms with Crippen LogP contribution in [0.4, 0.5) is 11.4 Å². The van der Waals surface area contributed by atoms with Crippen LogP contribution >= 0.6 is 0 Å². The fourth-order valence-electron chi connectivity index (χ4n) is 7.87. The van der Waals surface area contributed by atoms with E-state index in [4.69, 9.17) is 4.42 Å². The Morgan fingerprint density at radius 1 is 0.625 bits per heavy atom. The molecule has 0 aliphatic heterocycles. The normalized spacial score (nSPS) is 17.6. The molecule has 1 aromatic heterocycles. The van der Waals surface area contributed by atoms with E-state index in [0.29, 0.717) is 0 Å². The highest BCUT2D eigenvalue weighted by Crippen LogP contribution is 2.45. The zero-order valence-electron chi connectivity index (χ0n) is 31.1. The summed E-state index contributed by atoms with van der Waals surface area (Å²) < 4.78 is 6.81. The summed E-state index contributed by atoms with van der Waals surface area (Å²) in [7, 11) is 0. The molecule has 7 aromatic rings. The maximum atomic E-state index is 6.81. The van der Waals surface area contributed by atoms with Crippen molar-refractivity contribution in [3.8, 4) is 22.3 Å². The minimum Gasteiger partial charge on any atom is -0.455 e. The van der Waals surface area contributed by atoms with Gasteiger partial charge < -0.3 is 9.32 Å². The Balaban J connectivity index is 1.23. The molecule has 1 atom stereocenters. The van der Waals surface area contributed by atoms with Crippen LogP contribution in [-0.4, -0.2) is 0 Å². The van der Waals surface area contributed by atoms with Crippen LogP contribution in [0.25, 0.3) is 49.6 Å². The summed E-state index contributed by atoms with van der Waals surface area (Å²) in [5.74, 6) is 1.07. The first-order valence-corrected chi connectivity index (χ1v) is 19.2. The summed E-state index contributed by atoms with van der Waals surface area (Å²) in [6.07, 6.45) is 26.7. The van der Waals surface area contributed by atoms with Gasteiger partial charge in [0.1, 0.15) is 11.3 Å². The van der Waals surface area contributed by atoms with Crippen molar-refractivity contribution < 1.29 is 4.42 Å². The number of rotatable bonds is 8. The molecule has 1 heterocycles. The summed E-state index contributed by atoms with van der Waals surface area (Å²) >= 11 is 0. The Morgan fingerprint density at radius 3 is 2.16 bits per heavy atom. The van der Waals surface area contributed by atoms with E-state index in [1.807, 2.05) is 6.08 Å². The lowest BCUT2D eigenvalue weighted by Gasteiger charge is -2.33. The van der Waals surface area contributed by atoms with Crippen molar-refractivity contribution in [2.24, 2.45) is 5.92 Å². The van der Waals surface area contributed by atoms with E-state index < -0.39 is 0 Å². The van der Waals surface area contributed by atoms with Gasteiger partial charge in [-0.05, 0) is 58.3 Å². The predicted octanol–water partition coefficient (Wildman–Crippen LogP) is 14.7. The number of benzene rings is 6. The summed E-state index contributed by atoms with van der Waals surface area (Å²) in [5, 5.41) is 3.32. The average molecular weight is 720 g/mol. The highest BCUT2D eigenvalue weighted by molar-refractivity contribution is 6.06. The average Bonchev–Trinajstić information content (AvgIpc) is 3.70. The van der Waals surface area contributed by atoms with Gasteiger partial charge in [0.15, 0.2) is 0 Å². The highest BCUT2D eigenvalue weighted by atomic mass is 16.3. The molecule has 0 radical (unpaired) electrons. The van der Waals surface area contributed by atoms with Crippen molar-refractivity contribution in [2.75, 3.05) is 4.90 Å². The Labute approximate surface area is 329 Å². The smallest absolute Gasteiger partial charge is 0.142 e. The van der Waals surface area contributed by atoms with Crippen molar-refractivity contribution in [3.05, 3.63) is 248 Å². The van der Waals surface area contributed by atoms with E-state index in [-0.39, 0.29) is 5.92 Å². The number of allylic oxidation sites excluding steroid dienone is 13. The molecular formula is C54H41NO. The van der Waals surface area contributed by atoms with E-state index in [9.17, 15) is 0 Å². The van der Waals surface area contributed by atoms with Gasteiger partial charge in [0.05, 0.1) is 11.4 Å². The first kappa shape index (κ1) is 34.6. The van der Waals surface area contributed by atoms with Crippen LogP contribution in [-0.2, 0) is 0 Å². The SMILES string of the molecule is C=C/C=C(\c1cc2ccc3ccccc3c2o1)c1ccccc1N(C1=CCC2/C=C/C=C\C=C\C=C/C2=C1)c1ccccc1-c1ccc(-c2ccccc2)cc1. The highest BCUT2D eigenvalue weighted by Gasteiger charge is 2.26. The second kappa shape index (κ2) is 15.7. The third-order valence-electron chi connectivity index (χ3n) is 10.6. The maximum Gasteiger partial charge on any atom is 0.142 e. The van der Waals surface area contributed by atoms with Gasteiger partial charge in [0.2, 0.25) is 0 Å². The molecule has 0 fully saturated rings. The molecule has 2 nitrogen and oxygen atoms in total. The van der Waals surface area contributed by atoms with E-state index in [2.05, 4.69) is 224 Å². The molecule has 6 aromatic carbocycles. The van der Waals surface area contributed by atoms with Crippen molar-refractivity contribution in [3.63, 3.8) is 0 Å². The van der Waals surface area contributed by atoms with E-state index in [0.717, 1.165) is 73.3 Å². The minimum absolute atomic E-state index is 0.269. The molecule has 0 saturated carbocycles. The first-order valence-electron chi connectivity index (χ1n) is 19.2. The van der Waals surface area contributed by atoms with Crippen LogP contribution in [0.15, 0.2) is 241 Å². The lowest BCUT2D eigenvalue weighted by molar-refractivity contribution is 0.603. The van der Waals surface area contributed by atoms with Crippen LogP contribution in [0.3, 0.4) is 0 Å². The second-order valence-electron chi connectivity index (χ2n) is 14.1. The molecule has 2 heteroatoms. The predicted molar refractivity (Wildman–Crippen MR) is 238 cm³/mol. The Bertz CT molecular complexity index is 2780. The van der Waals surface area contributed by atoms with Crippen molar-refractivity contribution in [2.45, 2.75) is 6.42 Å². The molecule has 1 unspecified atom stereocenters. The number of fused-ring (bicyclic) bond motifs is 4. The standard InChI is InChI=1S/C54H41NO/c1-2-18-50(53-38-45-34-33-42-22-12-13-25-48(42)54(45)56-53)49-26-15-17-28-52(49)55(46-36-35-40-21-8-5-3-4-6-9-23-44(40)37-46)51-27-16-14-24-47(51)43-31-29-41(30-32-43)39-19-10-7-11-20-39/h2-34,36-38,40H,1,35H2/b5-3-,6-4+,21-8+,23-9-,50-18-. The Morgan fingerprint density at radius 2 is 1.30 bits per heavy atom. The lowest BCUT2D eigenvalue weighted by Crippen LogP contribution is -2.20. The molecule has 0 spiro atoms. The molecule has 2 aliphatic carbocycles. The molecule has 56 heavy (non-hydrogen) atoms. The van der Waals surface area contributed by atoms with Gasteiger partial charge in [-0.2, -0.15) is 0 Å². The number of nitrogens with zero attached hydrogens (tertiary/aromatic N) is 1. The van der Waals surface area contributed by atoms with Gasteiger partial charge in [-0.15, -0.1) is 0 Å². The van der Waals surface area contributed by atoms with Gasteiger partial charge in [-0.1, -0.05) is 201 Å². The second-order valence-corrected chi connectivity index (χ2v) is 14.1. The third-order valence-corrected chi connectivity index (χ3v) is 10.6. The van der Waals surface area contributed by atoms with Crippen LogP contribution in [0.1, 0.15) is 17.7 Å². The zero-order chi connectivity index (χ0) is 37.7. The Hall–Kier alpha value is -7.16. The zero-order valence-corrected chi connectivity index (χ0v) is 31.1. The fourth-order valence-corrected chi connectivity index (χ4v) is 7.87. The number of hydrogen-bond donors (Lipinski definition) is 0. The van der Waals surface area contributed by atoms with Gasteiger partial charge in [0.25, 0.3) is 0 Å². The Kier molecular flexibility index (Phi) is 9.68. The molecule has 268 valence electrons. The van der Waals surface area contributed by atoms with E-state index >= 15 is 0 Å². The van der Waals surface area contributed by atoms with Gasteiger partial charge in [0, 0.05) is 39.1 Å². The molecule has 0 N–H and O–H groups in total. The lowest BCUT2D eigenvalue weighted by atomic mass is 9.88. The van der Waals surface area contributed by atoms with Gasteiger partial charge in [-0.3, -0.25) is 0 Å². The molecular weight excluding hydrogens is 679 g/mol. The molecule has 0 bridgehead atoms. The third kappa shape index (κ3) is 6.85. The molecule has 0 saturated heterocycles. The van der Waals surface area contributed by atoms with Crippen LogP contribution in [0.5, 0.6) is 0 Å². The van der Waals surface area contributed by atoms with Gasteiger partial charge in [-0.25, -0.2) is 0 Å². The van der Waals surface area contributed by atoms with Crippen molar-refractivity contribution in [1.82, 2.24) is 0 Å². The quantitative estimate of drug-likeness (QED) is 0.145. The van der Waals surface area contributed by atoms with Crippen LogP contribution in [0.2, 0.25) is 0 Å². The van der Waals surface area contributed by atoms with Crippen LogP contribution < -0.4 is 4.90 Å². The van der Waals surface area contributed by atoms with Crippen molar-refractivity contribution >= 4 is 38.7 Å². The summed E-state index contributed by atoms with van der Waals surface area (Å²) in [5.41, 5.74) is 12.1. The van der Waals surface area contributed by atoms with E-state index in [1.54, 1.807) is 0 Å². The number of hydrogen-bond acceptors (Lipinski definition) is 2. The summed E-state index contributed by atoms with van der Waals surface area (Å²) in [6, 6.07) is 51.8. The van der Waals surface area contributed by atoms with E-state index in [1.165, 1.54) is 16.7 Å². The summed E-state index contributed by atoms with van der Waals surface area (Å²) in [4.78, 5) is 2.43. The molecule has 9 rings (SSSR count). The fraction of sp³-hybridized carbons (Fsp3) is 0.0370. The largest absolute Gasteiger partial charge is 0.455 e. The number of para-hydroxylation sites is 2. The summed E-state index contributed by atoms with van der Waals surface area (Å²) in [6.45, 7) is 4.16. The van der Waals surface area contributed by atoms with Crippen LogP contribution in [0, 0.1) is 5.92 Å². The topological polar surface area (TPSA) is 16.4 Å². The first-order chi connectivity index (χ1) is 27.7. The molecule has 2 aliphatic rings. The van der Waals surface area contributed by atoms with Crippen molar-refractivity contribution in [1.29, 1.82) is 0 Å². The number of anilines is 2. The maximum absolute atomic E-state index is 6.81. The molecule has 0 amide bonds. The monoisotopic (exact) mass is 719 g/mol. The minimum atomic E-state index is 0.269. The number of furan rings is 1. The van der Waals surface area contributed by atoms with Gasteiger partial charge >= 0.3 is 0 Å².